The molecule has 0 aromatic heterocycles. The second-order valence-electron chi connectivity index (χ2n) is 5.03. The van der Waals surface area contributed by atoms with E-state index in [1.807, 2.05) is 20.8 Å². The van der Waals surface area contributed by atoms with Crippen LogP contribution in [0.2, 0.25) is 0 Å². The van der Waals surface area contributed by atoms with Gasteiger partial charge in [0.05, 0.1) is 0 Å². The number of carbonyl (C=O) groups is 1. The Labute approximate surface area is 119 Å². The molecule has 20 heavy (non-hydrogen) atoms. The molecule has 0 radical (unpaired) electrons. The number of hydrogen-bond acceptors (Lipinski definition) is 3. The molecular weight excluding hydrogens is 259 g/mol. The van der Waals surface area contributed by atoms with Crippen LogP contribution in [0.25, 0.3) is 0 Å². The van der Waals surface area contributed by atoms with Crippen molar-refractivity contribution in [3.05, 3.63) is 29.6 Å². The third-order valence-corrected chi connectivity index (χ3v) is 2.64. The summed E-state index contributed by atoms with van der Waals surface area (Å²) in [4.78, 5) is 11.5. The van der Waals surface area contributed by atoms with Gasteiger partial charge < -0.3 is 15.4 Å². The van der Waals surface area contributed by atoms with E-state index in [-0.39, 0.29) is 18.3 Å². The van der Waals surface area contributed by atoms with Gasteiger partial charge in [-0.2, -0.15) is 0 Å². The van der Waals surface area contributed by atoms with Crippen molar-refractivity contribution < 1.29 is 13.9 Å². The molecule has 0 unspecified atom stereocenters. The Morgan fingerprint density at radius 1 is 1.40 bits per heavy atom. The minimum Gasteiger partial charge on any atom is -0.481 e. The van der Waals surface area contributed by atoms with Crippen molar-refractivity contribution in [3.8, 4) is 5.75 Å². The topological polar surface area (TPSA) is 50.4 Å². The molecule has 0 saturated heterocycles. The zero-order chi connectivity index (χ0) is 15.0. The van der Waals surface area contributed by atoms with E-state index in [2.05, 4.69) is 10.6 Å². The third kappa shape index (κ3) is 6.02. The van der Waals surface area contributed by atoms with E-state index in [1.54, 1.807) is 12.1 Å². The highest BCUT2D eigenvalue weighted by atomic mass is 19.1. The molecule has 1 aromatic carbocycles. The third-order valence-electron chi connectivity index (χ3n) is 2.64. The maximum atomic E-state index is 13.8. The maximum Gasteiger partial charge on any atom is 0.257 e. The van der Waals surface area contributed by atoms with E-state index < -0.39 is 5.82 Å². The summed E-state index contributed by atoms with van der Waals surface area (Å²) in [6, 6.07) is 4.76. The quantitative estimate of drug-likeness (QED) is 0.767. The fourth-order valence-corrected chi connectivity index (χ4v) is 1.55. The fourth-order valence-electron chi connectivity index (χ4n) is 1.55. The molecule has 112 valence electrons. The Balaban J connectivity index is 2.45. The number of hydrogen-bond donors (Lipinski definition) is 2. The molecule has 0 saturated carbocycles. The lowest BCUT2D eigenvalue weighted by molar-refractivity contribution is -0.123. The number of rotatable bonds is 8. The van der Waals surface area contributed by atoms with Crippen molar-refractivity contribution in [2.75, 3.05) is 19.7 Å². The second-order valence-corrected chi connectivity index (χ2v) is 5.03. The smallest absolute Gasteiger partial charge is 0.257 e. The number of carbonyl (C=O) groups excluding carboxylic acids is 1. The van der Waals surface area contributed by atoms with E-state index >= 15 is 0 Å². The minimum absolute atomic E-state index is 0.102. The average Bonchev–Trinajstić information content (AvgIpc) is 2.41. The summed E-state index contributed by atoms with van der Waals surface area (Å²) in [5.41, 5.74) is 0.848. The largest absolute Gasteiger partial charge is 0.481 e. The standard InChI is InChI=1S/C15H23FN2O2/c1-4-17-9-12-5-6-14(13(16)7-12)20-10-15(19)18-8-11(2)3/h5-7,11,17H,4,8-10H2,1-3H3,(H,18,19). The molecule has 1 rings (SSSR count). The van der Waals surface area contributed by atoms with Gasteiger partial charge >= 0.3 is 0 Å². The zero-order valence-corrected chi connectivity index (χ0v) is 12.3. The van der Waals surface area contributed by atoms with Crippen LogP contribution in [-0.4, -0.2) is 25.6 Å². The molecule has 0 aliphatic heterocycles. The normalized spacial score (nSPS) is 10.7. The molecule has 1 amide bonds. The van der Waals surface area contributed by atoms with E-state index in [9.17, 15) is 9.18 Å². The fraction of sp³-hybridized carbons (Fsp3) is 0.533. The lowest BCUT2D eigenvalue weighted by atomic mass is 10.2. The Morgan fingerprint density at radius 3 is 2.75 bits per heavy atom. The first-order valence-corrected chi connectivity index (χ1v) is 6.91. The van der Waals surface area contributed by atoms with Crippen molar-refractivity contribution >= 4 is 5.91 Å². The summed E-state index contributed by atoms with van der Waals surface area (Å²) in [6.45, 7) is 7.86. The van der Waals surface area contributed by atoms with Gasteiger partial charge in [-0.3, -0.25) is 4.79 Å². The van der Waals surface area contributed by atoms with E-state index in [1.165, 1.54) is 6.07 Å². The summed E-state index contributed by atoms with van der Waals surface area (Å²) in [5.74, 6) is -0.210. The van der Waals surface area contributed by atoms with Crippen LogP contribution in [0.3, 0.4) is 0 Å². The Morgan fingerprint density at radius 2 is 2.15 bits per heavy atom. The Kier molecular flexibility index (Phi) is 7.01. The van der Waals surface area contributed by atoms with Gasteiger partial charge in [-0.15, -0.1) is 0 Å². The first-order chi connectivity index (χ1) is 9.52. The number of nitrogens with one attached hydrogen (secondary N) is 2. The Hall–Kier alpha value is -1.62. The number of halogens is 1. The first-order valence-electron chi connectivity index (χ1n) is 6.91. The monoisotopic (exact) mass is 282 g/mol. The van der Waals surface area contributed by atoms with E-state index in [0.717, 1.165) is 12.1 Å². The summed E-state index contributed by atoms with van der Waals surface area (Å²) in [5, 5.41) is 5.83. The highest BCUT2D eigenvalue weighted by Gasteiger charge is 2.08. The van der Waals surface area contributed by atoms with Crippen LogP contribution < -0.4 is 15.4 Å². The Bertz CT molecular complexity index is 436. The van der Waals surface area contributed by atoms with Crippen molar-refractivity contribution in [1.82, 2.24) is 10.6 Å². The number of amides is 1. The highest BCUT2D eigenvalue weighted by Crippen LogP contribution is 2.18. The maximum absolute atomic E-state index is 13.8. The van der Waals surface area contributed by atoms with Crippen molar-refractivity contribution in [2.45, 2.75) is 27.3 Å². The SMILES string of the molecule is CCNCc1ccc(OCC(=O)NCC(C)C)c(F)c1. The van der Waals surface area contributed by atoms with Gasteiger partial charge in [-0.25, -0.2) is 4.39 Å². The second kappa shape index (κ2) is 8.53. The molecule has 0 bridgehead atoms. The first kappa shape index (κ1) is 16.4. The summed E-state index contributed by atoms with van der Waals surface area (Å²) >= 11 is 0. The van der Waals surface area contributed by atoms with E-state index in [4.69, 9.17) is 4.74 Å². The van der Waals surface area contributed by atoms with Gasteiger partial charge in [-0.05, 0) is 30.2 Å². The predicted molar refractivity (Wildman–Crippen MR) is 77.1 cm³/mol. The van der Waals surface area contributed by atoms with Gasteiger partial charge in [0, 0.05) is 13.1 Å². The molecule has 5 heteroatoms. The minimum atomic E-state index is -0.447. The van der Waals surface area contributed by atoms with Crippen molar-refractivity contribution in [2.24, 2.45) is 5.92 Å². The molecule has 0 spiro atoms. The highest BCUT2D eigenvalue weighted by molar-refractivity contribution is 5.77. The molecule has 0 fully saturated rings. The van der Waals surface area contributed by atoms with Gasteiger partial charge in [0.25, 0.3) is 5.91 Å². The van der Waals surface area contributed by atoms with Crippen LogP contribution in [0.5, 0.6) is 5.75 Å². The van der Waals surface area contributed by atoms with Crippen LogP contribution in [0.15, 0.2) is 18.2 Å². The van der Waals surface area contributed by atoms with Crippen LogP contribution in [-0.2, 0) is 11.3 Å². The molecule has 0 atom stereocenters. The van der Waals surface area contributed by atoms with Gasteiger partial charge in [0.15, 0.2) is 18.2 Å². The van der Waals surface area contributed by atoms with Gasteiger partial charge in [0.2, 0.25) is 0 Å². The van der Waals surface area contributed by atoms with Crippen LogP contribution >= 0.6 is 0 Å². The molecule has 0 aliphatic carbocycles. The zero-order valence-electron chi connectivity index (χ0n) is 12.3. The van der Waals surface area contributed by atoms with Crippen LogP contribution in [0.4, 0.5) is 4.39 Å². The van der Waals surface area contributed by atoms with Gasteiger partial charge in [0.1, 0.15) is 0 Å². The summed E-state index contributed by atoms with van der Waals surface area (Å²) in [6.07, 6.45) is 0. The lowest BCUT2D eigenvalue weighted by Crippen LogP contribution is -2.31. The predicted octanol–water partition coefficient (Wildman–Crippen LogP) is 2.09. The van der Waals surface area contributed by atoms with Crippen LogP contribution in [0, 0.1) is 11.7 Å². The molecule has 1 aromatic rings. The van der Waals surface area contributed by atoms with E-state index in [0.29, 0.717) is 19.0 Å². The summed E-state index contributed by atoms with van der Waals surface area (Å²) in [7, 11) is 0. The van der Waals surface area contributed by atoms with Crippen molar-refractivity contribution in [3.63, 3.8) is 0 Å². The lowest BCUT2D eigenvalue weighted by Gasteiger charge is -2.10. The molecular formula is C15H23FN2O2. The molecule has 2 N–H and O–H groups in total. The molecule has 0 heterocycles. The average molecular weight is 282 g/mol. The van der Waals surface area contributed by atoms with Crippen LogP contribution in [0.1, 0.15) is 26.3 Å². The molecule has 4 nitrogen and oxygen atoms in total. The summed E-state index contributed by atoms with van der Waals surface area (Å²) < 4.78 is 18.9. The number of ether oxygens (including phenoxy) is 1. The van der Waals surface area contributed by atoms with Crippen molar-refractivity contribution in [1.29, 1.82) is 0 Å². The molecule has 0 aliphatic rings. The number of benzene rings is 1. The van der Waals surface area contributed by atoms with Gasteiger partial charge in [-0.1, -0.05) is 26.8 Å².